The van der Waals surface area contributed by atoms with Crippen LogP contribution in [-0.2, 0) is 22.6 Å². The van der Waals surface area contributed by atoms with Crippen LogP contribution in [0.1, 0.15) is 31.9 Å². The Morgan fingerprint density at radius 2 is 1.85 bits per heavy atom. The van der Waals surface area contributed by atoms with Crippen molar-refractivity contribution in [2.75, 3.05) is 33.9 Å². The molecule has 2 N–H and O–H groups in total. The summed E-state index contributed by atoms with van der Waals surface area (Å²) in [5.74, 6) is 0.787. The van der Waals surface area contributed by atoms with Gasteiger partial charge in [-0.25, -0.2) is 0 Å². The zero-order valence-electron chi connectivity index (χ0n) is 16.8. The van der Waals surface area contributed by atoms with Gasteiger partial charge in [0, 0.05) is 46.4 Å². The Labute approximate surface area is 158 Å². The Morgan fingerprint density at radius 1 is 1.23 bits per heavy atom. The van der Waals surface area contributed by atoms with Crippen molar-refractivity contribution in [2.45, 2.75) is 52.1 Å². The SMILES string of the molecule is CN=C(NCc1ccc(CN2CC(C)OC(C)C2)cc1)NC(C)COC. The Hall–Kier alpha value is -1.63. The van der Waals surface area contributed by atoms with Crippen LogP contribution in [0.5, 0.6) is 0 Å². The molecule has 1 saturated heterocycles. The first kappa shape index (κ1) is 20.7. The van der Waals surface area contributed by atoms with Crippen molar-refractivity contribution in [3.8, 4) is 0 Å². The van der Waals surface area contributed by atoms with Crippen molar-refractivity contribution >= 4 is 5.96 Å². The second kappa shape index (κ2) is 10.5. The van der Waals surface area contributed by atoms with Gasteiger partial charge < -0.3 is 20.1 Å². The van der Waals surface area contributed by atoms with Crippen LogP contribution in [0.3, 0.4) is 0 Å². The van der Waals surface area contributed by atoms with E-state index in [9.17, 15) is 0 Å². The lowest BCUT2D eigenvalue weighted by atomic mass is 10.1. The number of hydrogen-bond acceptors (Lipinski definition) is 4. The summed E-state index contributed by atoms with van der Waals surface area (Å²) in [6, 6.07) is 9.01. The predicted octanol–water partition coefficient (Wildman–Crippen LogP) is 2.00. The molecule has 3 unspecified atom stereocenters. The monoisotopic (exact) mass is 362 g/mol. The minimum Gasteiger partial charge on any atom is -0.383 e. The molecule has 146 valence electrons. The Morgan fingerprint density at radius 3 is 2.42 bits per heavy atom. The lowest BCUT2D eigenvalue weighted by molar-refractivity contribution is -0.0704. The quantitative estimate of drug-likeness (QED) is 0.574. The van der Waals surface area contributed by atoms with Gasteiger partial charge in [-0.3, -0.25) is 9.89 Å². The molecule has 3 atom stereocenters. The highest BCUT2D eigenvalue weighted by Crippen LogP contribution is 2.14. The Kier molecular flexibility index (Phi) is 8.35. The van der Waals surface area contributed by atoms with E-state index in [2.05, 4.69) is 65.6 Å². The summed E-state index contributed by atoms with van der Waals surface area (Å²) in [4.78, 5) is 6.72. The highest BCUT2D eigenvalue weighted by Gasteiger charge is 2.21. The molecule has 2 rings (SSSR count). The number of ether oxygens (including phenoxy) is 2. The number of aliphatic imine (C=N–C) groups is 1. The molecular weight excluding hydrogens is 328 g/mol. The van der Waals surface area contributed by atoms with Gasteiger partial charge in [0.25, 0.3) is 0 Å². The van der Waals surface area contributed by atoms with Gasteiger partial charge in [0.2, 0.25) is 0 Å². The van der Waals surface area contributed by atoms with Crippen molar-refractivity contribution in [2.24, 2.45) is 4.99 Å². The number of nitrogens with one attached hydrogen (secondary N) is 2. The molecule has 1 aliphatic heterocycles. The minimum absolute atomic E-state index is 0.215. The molecule has 0 radical (unpaired) electrons. The molecular formula is C20H34N4O2. The normalized spacial score (nSPS) is 22.9. The third kappa shape index (κ3) is 6.94. The molecule has 1 aliphatic rings. The fourth-order valence-corrected chi connectivity index (χ4v) is 3.34. The van der Waals surface area contributed by atoms with Gasteiger partial charge in [0.15, 0.2) is 5.96 Å². The third-order valence-corrected chi connectivity index (χ3v) is 4.41. The molecule has 1 aromatic carbocycles. The lowest BCUT2D eigenvalue weighted by Crippen LogP contribution is -2.44. The maximum atomic E-state index is 5.81. The average molecular weight is 363 g/mol. The first-order valence-electron chi connectivity index (χ1n) is 9.42. The van der Waals surface area contributed by atoms with E-state index < -0.39 is 0 Å². The molecule has 0 bridgehead atoms. The molecule has 6 heteroatoms. The Bertz CT molecular complexity index is 551. The van der Waals surface area contributed by atoms with E-state index in [0.29, 0.717) is 18.8 Å². The summed E-state index contributed by atoms with van der Waals surface area (Å²) in [6.45, 7) is 10.7. The van der Waals surface area contributed by atoms with E-state index in [1.807, 2.05) is 0 Å². The maximum absolute atomic E-state index is 5.81. The second-order valence-electron chi connectivity index (χ2n) is 7.19. The number of hydrogen-bond donors (Lipinski definition) is 2. The average Bonchev–Trinajstić information content (AvgIpc) is 2.59. The van der Waals surface area contributed by atoms with Gasteiger partial charge in [0.05, 0.1) is 18.8 Å². The standard InChI is InChI=1S/C20H34N4O2/c1-15(14-25-5)23-20(21-4)22-10-18-6-8-19(9-7-18)13-24-11-16(2)26-17(3)12-24/h6-9,15-17H,10-14H2,1-5H3,(H2,21,22,23). The molecule has 1 heterocycles. The first-order valence-corrected chi connectivity index (χ1v) is 9.42. The summed E-state index contributed by atoms with van der Waals surface area (Å²) in [7, 11) is 3.48. The van der Waals surface area contributed by atoms with Crippen LogP contribution in [0, 0.1) is 0 Å². The zero-order chi connectivity index (χ0) is 18.9. The predicted molar refractivity (Wildman–Crippen MR) is 106 cm³/mol. The highest BCUT2D eigenvalue weighted by atomic mass is 16.5. The summed E-state index contributed by atoms with van der Waals surface area (Å²) in [5, 5.41) is 6.65. The summed E-state index contributed by atoms with van der Waals surface area (Å²) >= 11 is 0. The van der Waals surface area contributed by atoms with E-state index in [4.69, 9.17) is 9.47 Å². The van der Waals surface area contributed by atoms with Gasteiger partial charge in [0.1, 0.15) is 0 Å². The smallest absolute Gasteiger partial charge is 0.191 e. The number of rotatable bonds is 7. The largest absolute Gasteiger partial charge is 0.383 e. The first-order chi connectivity index (χ1) is 12.5. The highest BCUT2D eigenvalue weighted by molar-refractivity contribution is 5.79. The second-order valence-corrected chi connectivity index (χ2v) is 7.19. The molecule has 0 aromatic heterocycles. The molecule has 1 aromatic rings. The van der Waals surface area contributed by atoms with Crippen molar-refractivity contribution in [1.29, 1.82) is 0 Å². The Balaban J connectivity index is 1.81. The minimum atomic E-state index is 0.215. The number of guanidine groups is 1. The van der Waals surface area contributed by atoms with Crippen molar-refractivity contribution < 1.29 is 9.47 Å². The van der Waals surface area contributed by atoms with E-state index in [1.165, 1.54) is 11.1 Å². The van der Waals surface area contributed by atoms with Crippen LogP contribution in [0.15, 0.2) is 29.3 Å². The molecule has 1 fully saturated rings. The molecule has 0 saturated carbocycles. The fraction of sp³-hybridized carbons (Fsp3) is 0.650. The number of benzene rings is 1. The zero-order valence-corrected chi connectivity index (χ0v) is 16.8. The van der Waals surface area contributed by atoms with Gasteiger partial charge >= 0.3 is 0 Å². The van der Waals surface area contributed by atoms with Gasteiger partial charge in [-0.05, 0) is 31.9 Å². The van der Waals surface area contributed by atoms with Crippen molar-refractivity contribution in [1.82, 2.24) is 15.5 Å². The maximum Gasteiger partial charge on any atom is 0.191 e. The van der Waals surface area contributed by atoms with Gasteiger partial charge in [-0.2, -0.15) is 0 Å². The van der Waals surface area contributed by atoms with Crippen LogP contribution in [0.4, 0.5) is 0 Å². The third-order valence-electron chi connectivity index (χ3n) is 4.41. The number of nitrogens with zero attached hydrogens (tertiary/aromatic N) is 2. The number of methoxy groups -OCH3 is 1. The van der Waals surface area contributed by atoms with Crippen molar-refractivity contribution in [3.63, 3.8) is 0 Å². The van der Waals surface area contributed by atoms with Crippen LogP contribution in [0.25, 0.3) is 0 Å². The molecule has 0 aliphatic carbocycles. The summed E-state index contributed by atoms with van der Waals surface area (Å²) in [6.07, 6.45) is 0.615. The van der Waals surface area contributed by atoms with Crippen LogP contribution in [0.2, 0.25) is 0 Å². The van der Waals surface area contributed by atoms with Crippen molar-refractivity contribution in [3.05, 3.63) is 35.4 Å². The van der Waals surface area contributed by atoms with E-state index >= 15 is 0 Å². The van der Waals surface area contributed by atoms with E-state index in [1.54, 1.807) is 14.2 Å². The van der Waals surface area contributed by atoms with E-state index in [-0.39, 0.29) is 6.04 Å². The molecule has 0 spiro atoms. The van der Waals surface area contributed by atoms with Crippen LogP contribution >= 0.6 is 0 Å². The molecule has 6 nitrogen and oxygen atoms in total. The molecule has 26 heavy (non-hydrogen) atoms. The summed E-state index contributed by atoms with van der Waals surface area (Å²) in [5.41, 5.74) is 2.58. The van der Waals surface area contributed by atoms with Crippen LogP contribution < -0.4 is 10.6 Å². The molecule has 0 amide bonds. The van der Waals surface area contributed by atoms with E-state index in [0.717, 1.165) is 32.1 Å². The number of morpholine rings is 1. The van der Waals surface area contributed by atoms with Gasteiger partial charge in [-0.15, -0.1) is 0 Å². The van der Waals surface area contributed by atoms with Gasteiger partial charge in [-0.1, -0.05) is 24.3 Å². The summed E-state index contributed by atoms with van der Waals surface area (Å²) < 4.78 is 10.9. The topological polar surface area (TPSA) is 58.1 Å². The fourth-order valence-electron chi connectivity index (χ4n) is 3.34. The lowest BCUT2D eigenvalue weighted by Gasteiger charge is -2.35. The van der Waals surface area contributed by atoms with Crippen LogP contribution in [-0.4, -0.2) is 63.0 Å².